The van der Waals surface area contributed by atoms with E-state index in [1.807, 2.05) is 116 Å². The summed E-state index contributed by atoms with van der Waals surface area (Å²) in [7, 11) is 4.06. The molecule has 0 spiro atoms. The Kier molecular flexibility index (Phi) is 6.87. The number of hydrogen-bond donors (Lipinski definition) is 1. The summed E-state index contributed by atoms with van der Waals surface area (Å²) < 4.78 is 1.87. The molecule has 6 nitrogen and oxygen atoms in total. The van der Waals surface area contributed by atoms with Gasteiger partial charge in [-0.15, -0.1) is 0 Å². The molecule has 0 saturated heterocycles. The minimum atomic E-state index is -0.0923. The van der Waals surface area contributed by atoms with Crippen LogP contribution < -0.4 is 5.32 Å². The zero-order chi connectivity index (χ0) is 24.9. The van der Waals surface area contributed by atoms with E-state index in [4.69, 9.17) is 10.1 Å². The van der Waals surface area contributed by atoms with E-state index in [9.17, 15) is 4.79 Å². The summed E-state index contributed by atoms with van der Waals surface area (Å²) in [6.45, 7) is 1.53. The summed E-state index contributed by atoms with van der Waals surface area (Å²) in [5.74, 6) is -0.0923. The van der Waals surface area contributed by atoms with Gasteiger partial charge < -0.3 is 10.2 Å². The molecule has 6 heteroatoms. The third-order valence-electron chi connectivity index (χ3n) is 6.09. The largest absolute Gasteiger partial charge is 0.352 e. The smallest absolute Gasteiger partial charge is 0.252 e. The predicted molar refractivity (Wildman–Crippen MR) is 145 cm³/mol. The number of amides is 1. The lowest BCUT2D eigenvalue weighted by atomic mass is 10.0. The van der Waals surface area contributed by atoms with Crippen molar-refractivity contribution in [2.24, 2.45) is 0 Å². The van der Waals surface area contributed by atoms with Crippen molar-refractivity contribution >= 4 is 16.8 Å². The van der Waals surface area contributed by atoms with Crippen LogP contribution in [0.2, 0.25) is 0 Å². The Hall–Kier alpha value is -4.29. The Morgan fingerprint density at radius 2 is 1.61 bits per heavy atom. The molecule has 0 saturated carbocycles. The maximum atomic E-state index is 13.3. The molecule has 0 radical (unpaired) electrons. The molecule has 1 N–H and O–H groups in total. The number of aromatic nitrogens is 3. The molecule has 2 aromatic heterocycles. The van der Waals surface area contributed by atoms with Gasteiger partial charge in [0.2, 0.25) is 0 Å². The first-order valence-corrected chi connectivity index (χ1v) is 12.1. The van der Waals surface area contributed by atoms with Crippen LogP contribution in [0.4, 0.5) is 0 Å². The monoisotopic (exact) mass is 475 g/mol. The Labute approximate surface area is 211 Å². The fourth-order valence-electron chi connectivity index (χ4n) is 4.28. The van der Waals surface area contributed by atoms with Crippen molar-refractivity contribution in [1.82, 2.24) is 25.0 Å². The molecule has 5 aromatic rings. The molecule has 5 rings (SSSR count). The lowest BCUT2D eigenvalue weighted by Crippen LogP contribution is -2.27. The van der Waals surface area contributed by atoms with Crippen LogP contribution in [-0.4, -0.2) is 52.8 Å². The van der Waals surface area contributed by atoms with Crippen LogP contribution in [-0.2, 0) is 0 Å². The first-order valence-electron chi connectivity index (χ1n) is 12.1. The Morgan fingerprint density at radius 1 is 0.917 bits per heavy atom. The van der Waals surface area contributed by atoms with E-state index in [2.05, 4.69) is 10.2 Å². The van der Waals surface area contributed by atoms with Crippen LogP contribution >= 0.6 is 0 Å². The highest BCUT2D eigenvalue weighted by molar-refractivity contribution is 6.07. The molecular formula is C30H29N5O. The fraction of sp³-hybridized carbons (Fsp3) is 0.167. The van der Waals surface area contributed by atoms with Crippen LogP contribution in [0.15, 0.2) is 97.2 Å². The average Bonchev–Trinajstić information content (AvgIpc) is 3.37. The second-order valence-electron chi connectivity index (χ2n) is 9.02. The molecule has 2 heterocycles. The quantitative estimate of drug-likeness (QED) is 0.304. The van der Waals surface area contributed by atoms with Crippen molar-refractivity contribution in [1.29, 1.82) is 0 Å². The van der Waals surface area contributed by atoms with Crippen LogP contribution in [0.5, 0.6) is 0 Å². The maximum absolute atomic E-state index is 13.3. The first-order chi connectivity index (χ1) is 17.6. The third-order valence-corrected chi connectivity index (χ3v) is 6.09. The molecule has 0 unspecified atom stereocenters. The van der Waals surface area contributed by atoms with Crippen LogP contribution in [0.25, 0.3) is 39.1 Å². The molecule has 0 bridgehead atoms. The number of benzene rings is 3. The van der Waals surface area contributed by atoms with Gasteiger partial charge >= 0.3 is 0 Å². The van der Waals surface area contributed by atoms with E-state index < -0.39 is 0 Å². The Bertz CT molecular complexity index is 1480. The highest BCUT2D eigenvalue weighted by atomic mass is 16.1. The molecule has 0 atom stereocenters. The van der Waals surface area contributed by atoms with Crippen molar-refractivity contribution in [3.63, 3.8) is 0 Å². The van der Waals surface area contributed by atoms with E-state index in [1.54, 1.807) is 0 Å². The summed E-state index contributed by atoms with van der Waals surface area (Å²) in [4.78, 5) is 20.4. The minimum absolute atomic E-state index is 0.0923. The molecule has 0 aliphatic carbocycles. The number of carbonyl (C=O) groups excluding carboxylic acids is 1. The van der Waals surface area contributed by atoms with Gasteiger partial charge in [0.1, 0.15) is 5.69 Å². The standard InChI is InChI=1S/C30H29N5O/c1-34(2)19-11-18-31-30(36)25-20-28(32-27-17-10-9-16-24(25)27)26-21-35(23-14-7-4-8-15-23)33-29(26)22-12-5-3-6-13-22/h3-10,12-17,20-21H,11,18-19H2,1-2H3,(H,31,36). The third kappa shape index (κ3) is 5.04. The zero-order valence-corrected chi connectivity index (χ0v) is 20.6. The Balaban J connectivity index is 1.61. The van der Waals surface area contributed by atoms with E-state index in [1.165, 1.54) is 0 Å². The number of fused-ring (bicyclic) bond motifs is 1. The number of para-hydroxylation sites is 2. The molecule has 0 fully saturated rings. The van der Waals surface area contributed by atoms with Gasteiger partial charge in [-0.05, 0) is 51.3 Å². The van der Waals surface area contributed by atoms with Gasteiger partial charge in [0.05, 0.1) is 22.5 Å². The number of nitrogens with zero attached hydrogens (tertiary/aromatic N) is 4. The number of carbonyl (C=O) groups is 1. The molecule has 180 valence electrons. The summed E-state index contributed by atoms with van der Waals surface area (Å²) in [6.07, 6.45) is 2.88. The molecule has 1 amide bonds. The van der Waals surface area contributed by atoms with E-state index in [-0.39, 0.29) is 5.91 Å². The molecule has 36 heavy (non-hydrogen) atoms. The van der Waals surface area contributed by atoms with Gasteiger partial charge in [-0.25, -0.2) is 9.67 Å². The lowest BCUT2D eigenvalue weighted by molar-refractivity contribution is 0.0954. The predicted octanol–water partition coefficient (Wildman–Crippen LogP) is 5.44. The SMILES string of the molecule is CN(C)CCCNC(=O)c1cc(-c2cn(-c3ccccc3)nc2-c2ccccc2)nc2ccccc12. The van der Waals surface area contributed by atoms with Crippen LogP contribution in [0, 0.1) is 0 Å². The summed E-state index contributed by atoms with van der Waals surface area (Å²) in [5.41, 5.74) is 5.75. The molecule has 0 aliphatic heterocycles. The number of nitrogens with one attached hydrogen (secondary N) is 1. The van der Waals surface area contributed by atoms with Crippen molar-refractivity contribution < 1.29 is 4.79 Å². The first kappa shape index (κ1) is 23.5. The second-order valence-corrected chi connectivity index (χ2v) is 9.02. The molecule has 0 aliphatic rings. The average molecular weight is 476 g/mol. The second kappa shape index (κ2) is 10.5. The van der Waals surface area contributed by atoms with E-state index in [0.29, 0.717) is 17.8 Å². The Morgan fingerprint density at radius 3 is 2.36 bits per heavy atom. The van der Waals surface area contributed by atoms with E-state index in [0.717, 1.165) is 46.4 Å². The lowest BCUT2D eigenvalue weighted by Gasteiger charge is -2.12. The van der Waals surface area contributed by atoms with Crippen molar-refractivity contribution in [3.8, 4) is 28.2 Å². The van der Waals surface area contributed by atoms with Gasteiger partial charge in [-0.2, -0.15) is 5.10 Å². The van der Waals surface area contributed by atoms with Gasteiger partial charge in [0.15, 0.2) is 0 Å². The van der Waals surface area contributed by atoms with Gasteiger partial charge in [0.25, 0.3) is 5.91 Å². The van der Waals surface area contributed by atoms with Crippen LogP contribution in [0.3, 0.4) is 0 Å². The number of pyridine rings is 1. The van der Waals surface area contributed by atoms with Crippen molar-refractivity contribution in [2.75, 3.05) is 27.2 Å². The van der Waals surface area contributed by atoms with Crippen molar-refractivity contribution in [3.05, 3.63) is 103 Å². The minimum Gasteiger partial charge on any atom is -0.352 e. The summed E-state index contributed by atoms with van der Waals surface area (Å²) >= 11 is 0. The highest BCUT2D eigenvalue weighted by Crippen LogP contribution is 2.33. The fourth-order valence-corrected chi connectivity index (χ4v) is 4.28. The normalized spacial score (nSPS) is 11.2. The van der Waals surface area contributed by atoms with Gasteiger partial charge in [-0.3, -0.25) is 4.79 Å². The highest BCUT2D eigenvalue weighted by Gasteiger charge is 2.19. The topological polar surface area (TPSA) is 63.1 Å². The molecular weight excluding hydrogens is 446 g/mol. The van der Waals surface area contributed by atoms with Crippen molar-refractivity contribution in [2.45, 2.75) is 6.42 Å². The number of hydrogen-bond acceptors (Lipinski definition) is 4. The number of rotatable bonds is 8. The van der Waals surface area contributed by atoms with Crippen LogP contribution in [0.1, 0.15) is 16.8 Å². The zero-order valence-electron chi connectivity index (χ0n) is 20.6. The summed E-state index contributed by atoms with van der Waals surface area (Å²) in [6, 6.07) is 29.8. The van der Waals surface area contributed by atoms with Gasteiger partial charge in [-0.1, -0.05) is 66.7 Å². The maximum Gasteiger partial charge on any atom is 0.252 e. The van der Waals surface area contributed by atoms with Gasteiger partial charge in [0, 0.05) is 29.3 Å². The molecule has 3 aromatic carbocycles. The summed E-state index contributed by atoms with van der Waals surface area (Å²) in [5, 5.41) is 8.85. The van der Waals surface area contributed by atoms with E-state index >= 15 is 0 Å².